The van der Waals surface area contributed by atoms with Crippen LogP contribution in [-0.4, -0.2) is 12.0 Å². The fourth-order valence-corrected chi connectivity index (χ4v) is 3.12. The summed E-state index contributed by atoms with van der Waals surface area (Å²) in [6, 6.07) is 7.02. The van der Waals surface area contributed by atoms with E-state index in [1.54, 1.807) is 0 Å². The minimum atomic E-state index is 0.513. The molecule has 1 aromatic heterocycles. The number of hydrogen-bond acceptors (Lipinski definition) is 1. The topological polar surface area (TPSA) is 27.8 Å². The molecule has 3 heteroatoms. The largest absolute Gasteiger partial charge is 0.358 e. The number of benzene rings is 1. The first kappa shape index (κ1) is 10.4. The van der Waals surface area contributed by atoms with E-state index in [0.717, 1.165) is 4.47 Å². The van der Waals surface area contributed by atoms with Crippen molar-refractivity contribution >= 4 is 26.8 Å². The SMILES string of the molecule is CNC1CCCc2[nH]c3cc(Br)ccc3c21. The summed E-state index contributed by atoms with van der Waals surface area (Å²) in [5.41, 5.74) is 4.15. The molecular formula is C13H15BrN2. The molecule has 2 aromatic rings. The van der Waals surface area contributed by atoms with Gasteiger partial charge >= 0.3 is 0 Å². The van der Waals surface area contributed by atoms with Crippen LogP contribution in [0.25, 0.3) is 10.9 Å². The third-order valence-electron chi connectivity index (χ3n) is 3.50. The van der Waals surface area contributed by atoms with Crippen molar-refractivity contribution in [2.75, 3.05) is 7.05 Å². The molecular weight excluding hydrogens is 264 g/mol. The molecule has 0 saturated carbocycles. The molecule has 1 aromatic carbocycles. The smallest absolute Gasteiger partial charge is 0.0470 e. The maximum Gasteiger partial charge on any atom is 0.0470 e. The second-order valence-electron chi connectivity index (χ2n) is 4.44. The molecule has 16 heavy (non-hydrogen) atoms. The minimum absolute atomic E-state index is 0.513. The summed E-state index contributed by atoms with van der Waals surface area (Å²) in [5, 5.41) is 4.79. The lowest BCUT2D eigenvalue weighted by atomic mass is 9.91. The van der Waals surface area contributed by atoms with Crippen LogP contribution >= 0.6 is 15.9 Å². The summed E-state index contributed by atoms with van der Waals surface area (Å²) in [4.78, 5) is 3.55. The first-order valence-corrected chi connectivity index (χ1v) is 6.56. The number of aryl methyl sites for hydroxylation is 1. The van der Waals surface area contributed by atoms with Gasteiger partial charge in [-0.15, -0.1) is 0 Å². The van der Waals surface area contributed by atoms with Crippen molar-refractivity contribution in [1.29, 1.82) is 0 Å². The number of rotatable bonds is 1. The molecule has 1 aliphatic rings. The summed E-state index contributed by atoms with van der Waals surface area (Å²) in [5.74, 6) is 0. The van der Waals surface area contributed by atoms with Gasteiger partial charge in [-0.25, -0.2) is 0 Å². The Morgan fingerprint density at radius 1 is 1.44 bits per heavy atom. The van der Waals surface area contributed by atoms with E-state index in [4.69, 9.17) is 0 Å². The molecule has 2 nitrogen and oxygen atoms in total. The van der Waals surface area contributed by atoms with Crippen molar-refractivity contribution in [2.24, 2.45) is 0 Å². The molecule has 3 rings (SSSR count). The van der Waals surface area contributed by atoms with E-state index in [-0.39, 0.29) is 0 Å². The summed E-state index contributed by atoms with van der Waals surface area (Å²) in [7, 11) is 2.05. The van der Waals surface area contributed by atoms with Gasteiger partial charge in [-0.2, -0.15) is 0 Å². The lowest BCUT2D eigenvalue weighted by Crippen LogP contribution is -2.20. The Morgan fingerprint density at radius 3 is 3.12 bits per heavy atom. The van der Waals surface area contributed by atoms with Gasteiger partial charge in [0.25, 0.3) is 0 Å². The third-order valence-corrected chi connectivity index (χ3v) is 3.99. The normalized spacial score (nSPS) is 20.0. The Balaban J connectivity index is 2.26. The van der Waals surface area contributed by atoms with Gasteiger partial charge in [0.15, 0.2) is 0 Å². The van der Waals surface area contributed by atoms with Crippen LogP contribution in [-0.2, 0) is 6.42 Å². The predicted molar refractivity (Wildman–Crippen MR) is 70.7 cm³/mol. The van der Waals surface area contributed by atoms with Gasteiger partial charge < -0.3 is 10.3 Å². The van der Waals surface area contributed by atoms with E-state index in [1.807, 2.05) is 0 Å². The van der Waals surface area contributed by atoms with Crippen molar-refractivity contribution < 1.29 is 0 Å². The van der Waals surface area contributed by atoms with Crippen molar-refractivity contribution in [3.8, 4) is 0 Å². The zero-order valence-electron chi connectivity index (χ0n) is 9.31. The van der Waals surface area contributed by atoms with Crippen LogP contribution in [0.1, 0.15) is 30.1 Å². The molecule has 0 bridgehead atoms. The fraction of sp³-hybridized carbons (Fsp3) is 0.385. The van der Waals surface area contributed by atoms with Crippen LogP contribution in [0.4, 0.5) is 0 Å². The molecule has 2 N–H and O–H groups in total. The Hall–Kier alpha value is -0.800. The Morgan fingerprint density at radius 2 is 2.31 bits per heavy atom. The van der Waals surface area contributed by atoms with Crippen molar-refractivity contribution in [3.63, 3.8) is 0 Å². The molecule has 0 saturated heterocycles. The number of hydrogen-bond donors (Lipinski definition) is 2. The van der Waals surface area contributed by atoms with Crippen molar-refractivity contribution in [2.45, 2.75) is 25.3 Å². The fourth-order valence-electron chi connectivity index (χ4n) is 2.76. The number of aromatic amines is 1. The van der Waals surface area contributed by atoms with Crippen molar-refractivity contribution in [1.82, 2.24) is 10.3 Å². The van der Waals surface area contributed by atoms with E-state index >= 15 is 0 Å². The van der Waals surface area contributed by atoms with Gasteiger partial charge in [0.1, 0.15) is 0 Å². The molecule has 0 fully saturated rings. The maximum absolute atomic E-state index is 3.55. The van der Waals surface area contributed by atoms with Crippen LogP contribution in [0.2, 0.25) is 0 Å². The average Bonchev–Trinajstić information content (AvgIpc) is 2.65. The molecule has 0 spiro atoms. The van der Waals surface area contributed by atoms with E-state index in [0.29, 0.717) is 6.04 Å². The lowest BCUT2D eigenvalue weighted by Gasteiger charge is -2.22. The molecule has 0 radical (unpaired) electrons. The van der Waals surface area contributed by atoms with Crippen LogP contribution in [0.5, 0.6) is 0 Å². The maximum atomic E-state index is 3.55. The van der Waals surface area contributed by atoms with Gasteiger partial charge in [0, 0.05) is 27.1 Å². The first-order chi connectivity index (χ1) is 7.79. The zero-order chi connectivity index (χ0) is 11.1. The minimum Gasteiger partial charge on any atom is -0.358 e. The van der Waals surface area contributed by atoms with Crippen LogP contribution in [0.15, 0.2) is 22.7 Å². The van der Waals surface area contributed by atoms with Gasteiger partial charge in [0.05, 0.1) is 0 Å². The first-order valence-electron chi connectivity index (χ1n) is 5.77. The second-order valence-corrected chi connectivity index (χ2v) is 5.36. The highest BCUT2D eigenvalue weighted by atomic mass is 79.9. The van der Waals surface area contributed by atoms with Crippen LogP contribution in [0, 0.1) is 0 Å². The zero-order valence-corrected chi connectivity index (χ0v) is 10.9. The Labute approximate surface area is 104 Å². The van der Waals surface area contributed by atoms with Crippen LogP contribution in [0.3, 0.4) is 0 Å². The number of nitrogens with one attached hydrogen (secondary N) is 2. The quantitative estimate of drug-likeness (QED) is 0.821. The Bertz CT molecular complexity index is 530. The molecule has 1 atom stereocenters. The highest BCUT2D eigenvalue weighted by Gasteiger charge is 2.23. The summed E-state index contributed by atoms with van der Waals surface area (Å²) >= 11 is 3.52. The van der Waals surface area contributed by atoms with Crippen LogP contribution < -0.4 is 5.32 Å². The van der Waals surface area contributed by atoms with E-state index < -0.39 is 0 Å². The van der Waals surface area contributed by atoms with Gasteiger partial charge in [-0.1, -0.05) is 22.0 Å². The third kappa shape index (κ3) is 1.50. The molecule has 0 aliphatic heterocycles. The van der Waals surface area contributed by atoms with Gasteiger partial charge in [-0.05, 0) is 44.0 Å². The van der Waals surface area contributed by atoms with E-state index in [2.05, 4.69) is 51.5 Å². The molecule has 84 valence electrons. The monoisotopic (exact) mass is 278 g/mol. The number of aromatic nitrogens is 1. The number of fused-ring (bicyclic) bond motifs is 3. The molecule has 1 unspecified atom stereocenters. The second kappa shape index (κ2) is 3.90. The lowest BCUT2D eigenvalue weighted by molar-refractivity contribution is 0.497. The van der Waals surface area contributed by atoms with E-state index in [1.165, 1.54) is 41.4 Å². The Kier molecular flexibility index (Phi) is 2.52. The van der Waals surface area contributed by atoms with Gasteiger partial charge in [-0.3, -0.25) is 0 Å². The predicted octanol–water partition coefficient (Wildman–Crippen LogP) is 3.53. The highest BCUT2D eigenvalue weighted by molar-refractivity contribution is 9.10. The standard InChI is InChI=1S/C13H15BrN2/c1-15-10-3-2-4-11-13(10)9-6-5-8(14)7-12(9)16-11/h5-7,10,15-16H,2-4H2,1H3. The summed E-state index contributed by atoms with van der Waals surface area (Å²) in [6.07, 6.45) is 3.69. The number of halogens is 1. The van der Waals surface area contributed by atoms with Gasteiger partial charge in [0.2, 0.25) is 0 Å². The van der Waals surface area contributed by atoms with E-state index in [9.17, 15) is 0 Å². The molecule has 0 amide bonds. The number of H-pyrrole nitrogens is 1. The molecule has 1 aliphatic carbocycles. The summed E-state index contributed by atoms with van der Waals surface area (Å²) < 4.78 is 1.14. The molecule has 1 heterocycles. The summed E-state index contributed by atoms with van der Waals surface area (Å²) in [6.45, 7) is 0. The van der Waals surface area contributed by atoms with Crippen molar-refractivity contribution in [3.05, 3.63) is 33.9 Å². The highest BCUT2D eigenvalue weighted by Crippen LogP contribution is 2.36. The average molecular weight is 279 g/mol.